The van der Waals surface area contributed by atoms with Crippen molar-refractivity contribution in [2.45, 2.75) is 32.1 Å². The number of nitrogens with one attached hydrogen (secondary N) is 1. The third-order valence-electron chi connectivity index (χ3n) is 2.65. The summed E-state index contributed by atoms with van der Waals surface area (Å²) in [5, 5.41) is 17.7. The fourth-order valence-corrected chi connectivity index (χ4v) is 1.71. The van der Waals surface area contributed by atoms with Crippen molar-refractivity contribution >= 4 is 5.97 Å². The number of esters is 1. The van der Waals surface area contributed by atoms with E-state index in [0.29, 0.717) is 13.0 Å². The fourth-order valence-electron chi connectivity index (χ4n) is 1.71. The number of ether oxygens (including phenoxy) is 1. The van der Waals surface area contributed by atoms with Crippen LogP contribution in [-0.4, -0.2) is 35.1 Å². The van der Waals surface area contributed by atoms with E-state index in [1.54, 1.807) is 19.1 Å². The van der Waals surface area contributed by atoms with Crippen LogP contribution in [0.15, 0.2) is 24.3 Å². The molecule has 1 atom stereocenters. The molecule has 0 spiro atoms. The number of hydrogen-bond donors (Lipinski definition) is 4. The van der Waals surface area contributed by atoms with Gasteiger partial charge in [0.25, 0.3) is 0 Å². The van der Waals surface area contributed by atoms with Crippen LogP contribution in [0.4, 0.5) is 0 Å². The van der Waals surface area contributed by atoms with Gasteiger partial charge in [-0.15, -0.1) is 0 Å². The summed E-state index contributed by atoms with van der Waals surface area (Å²) in [4.78, 5) is 11.6. The second-order valence-electron chi connectivity index (χ2n) is 4.18. The van der Waals surface area contributed by atoms with Gasteiger partial charge in [-0.05, 0) is 24.5 Å². The van der Waals surface area contributed by atoms with Crippen molar-refractivity contribution in [1.82, 2.24) is 5.43 Å². The molecule has 1 aromatic carbocycles. The molecule has 0 amide bonds. The number of rotatable bonds is 7. The Morgan fingerprint density at radius 2 is 1.79 bits per heavy atom. The van der Waals surface area contributed by atoms with Crippen molar-refractivity contribution in [2.75, 3.05) is 6.61 Å². The molecule has 6 heteroatoms. The van der Waals surface area contributed by atoms with Crippen molar-refractivity contribution in [3.63, 3.8) is 0 Å². The van der Waals surface area contributed by atoms with Crippen LogP contribution in [0.5, 0.6) is 0 Å². The van der Waals surface area contributed by atoms with E-state index in [0.717, 1.165) is 11.1 Å². The van der Waals surface area contributed by atoms with E-state index in [-0.39, 0.29) is 12.4 Å². The minimum absolute atomic E-state index is 0.177. The van der Waals surface area contributed by atoms with E-state index in [1.807, 2.05) is 12.1 Å². The lowest BCUT2D eigenvalue weighted by Gasteiger charge is -2.14. The third-order valence-corrected chi connectivity index (χ3v) is 2.65. The summed E-state index contributed by atoms with van der Waals surface area (Å²) in [6, 6.07) is 6.62. The zero-order chi connectivity index (χ0) is 14.3. The first-order chi connectivity index (χ1) is 9.06. The summed E-state index contributed by atoms with van der Waals surface area (Å²) in [6.07, 6.45) is -0.766. The molecule has 0 aliphatic rings. The molecular weight excluding hydrogens is 248 g/mol. The standard InChI is InChI=1S/C13H20N2O4/c1-2-19-13(18)11(15-14)7-9-3-5-10(6-4-9)8-12(16)17/h3-6,11-12,15-17H,2,7-8,14H2,1H3/t11-/m0/s1. The number of hydrogen-bond acceptors (Lipinski definition) is 6. The summed E-state index contributed by atoms with van der Waals surface area (Å²) >= 11 is 0. The molecule has 0 radical (unpaired) electrons. The SMILES string of the molecule is CCOC(=O)[C@H](Cc1ccc(CC(O)O)cc1)NN. The maximum Gasteiger partial charge on any atom is 0.324 e. The lowest BCUT2D eigenvalue weighted by molar-refractivity contribution is -0.145. The Kier molecular flexibility index (Phi) is 6.44. The molecule has 0 fully saturated rings. The molecule has 0 saturated carbocycles. The number of hydrazine groups is 1. The Morgan fingerprint density at radius 3 is 2.21 bits per heavy atom. The zero-order valence-corrected chi connectivity index (χ0v) is 10.9. The van der Waals surface area contributed by atoms with Crippen LogP contribution in [-0.2, 0) is 22.4 Å². The Balaban J connectivity index is 2.62. The highest BCUT2D eigenvalue weighted by Crippen LogP contribution is 2.09. The van der Waals surface area contributed by atoms with Gasteiger partial charge in [0.05, 0.1) is 6.61 Å². The third kappa shape index (κ3) is 5.35. The largest absolute Gasteiger partial charge is 0.465 e. The summed E-state index contributed by atoms with van der Waals surface area (Å²) < 4.78 is 4.90. The molecule has 0 aliphatic heterocycles. The highest BCUT2D eigenvalue weighted by Gasteiger charge is 2.18. The maximum atomic E-state index is 11.6. The lowest BCUT2D eigenvalue weighted by atomic mass is 10.0. The molecule has 0 bridgehead atoms. The number of carbonyl (C=O) groups is 1. The number of benzene rings is 1. The highest BCUT2D eigenvalue weighted by molar-refractivity contribution is 5.76. The van der Waals surface area contributed by atoms with Gasteiger partial charge in [0.15, 0.2) is 6.29 Å². The van der Waals surface area contributed by atoms with Crippen LogP contribution < -0.4 is 11.3 Å². The molecule has 1 aromatic rings. The smallest absolute Gasteiger partial charge is 0.324 e. The molecule has 1 rings (SSSR count). The molecule has 0 aliphatic carbocycles. The second kappa shape index (κ2) is 7.85. The van der Waals surface area contributed by atoms with E-state index in [2.05, 4.69) is 5.43 Å². The van der Waals surface area contributed by atoms with Gasteiger partial charge >= 0.3 is 5.97 Å². The molecule has 0 heterocycles. The predicted octanol–water partition coefficient (Wildman–Crippen LogP) is -0.523. The quantitative estimate of drug-likeness (QED) is 0.229. The van der Waals surface area contributed by atoms with Gasteiger partial charge in [0, 0.05) is 6.42 Å². The van der Waals surface area contributed by atoms with Crippen molar-refractivity contribution < 1.29 is 19.7 Å². The monoisotopic (exact) mass is 268 g/mol. The van der Waals surface area contributed by atoms with E-state index in [1.165, 1.54) is 0 Å². The van der Waals surface area contributed by atoms with Gasteiger partial charge in [0.1, 0.15) is 6.04 Å². The van der Waals surface area contributed by atoms with Crippen molar-refractivity contribution in [3.05, 3.63) is 35.4 Å². The first kappa shape index (κ1) is 15.6. The van der Waals surface area contributed by atoms with Crippen molar-refractivity contribution in [1.29, 1.82) is 0 Å². The van der Waals surface area contributed by atoms with Crippen molar-refractivity contribution in [2.24, 2.45) is 5.84 Å². The molecule has 0 unspecified atom stereocenters. The Morgan fingerprint density at radius 1 is 1.26 bits per heavy atom. The number of nitrogens with two attached hydrogens (primary N) is 1. The van der Waals surface area contributed by atoms with Crippen LogP contribution in [0.1, 0.15) is 18.1 Å². The molecule has 106 valence electrons. The number of aliphatic hydroxyl groups excluding tert-OH is 1. The summed E-state index contributed by atoms with van der Waals surface area (Å²) in [5.41, 5.74) is 4.15. The topological polar surface area (TPSA) is 105 Å². The van der Waals surface area contributed by atoms with Crippen LogP contribution >= 0.6 is 0 Å². The summed E-state index contributed by atoms with van der Waals surface area (Å²) in [6.45, 7) is 2.05. The van der Waals surface area contributed by atoms with E-state index in [4.69, 9.17) is 20.8 Å². The van der Waals surface area contributed by atoms with E-state index >= 15 is 0 Å². The van der Waals surface area contributed by atoms with Gasteiger partial charge in [-0.1, -0.05) is 24.3 Å². The van der Waals surface area contributed by atoms with Gasteiger partial charge in [0.2, 0.25) is 0 Å². The average Bonchev–Trinajstić information content (AvgIpc) is 2.37. The first-order valence-electron chi connectivity index (χ1n) is 6.13. The van der Waals surface area contributed by atoms with Gasteiger partial charge in [-0.3, -0.25) is 10.6 Å². The van der Waals surface area contributed by atoms with Crippen LogP contribution in [0, 0.1) is 0 Å². The molecule has 19 heavy (non-hydrogen) atoms. The minimum atomic E-state index is -1.36. The Hall–Kier alpha value is -1.47. The molecule has 5 N–H and O–H groups in total. The normalized spacial score (nSPS) is 12.5. The fraction of sp³-hybridized carbons (Fsp3) is 0.462. The molecule has 0 aromatic heterocycles. The van der Waals surface area contributed by atoms with Gasteiger partial charge < -0.3 is 14.9 Å². The van der Waals surface area contributed by atoms with Crippen LogP contribution in [0.2, 0.25) is 0 Å². The number of aliphatic hydroxyl groups is 2. The van der Waals surface area contributed by atoms with E-state index < -0.39 is 12.3 Å². The van der Waals surface area contributed by atoms with Crippen LogP contribution in [0.3, 0.4) is 0 Å². The highest BCUT2D eigenvalue weighted by atomic mass is 16.5. The maximum absolute atomic E-state index is 11.6. The second-order valence-corrected chi connectivity index (χ2v) is 4.18. The van der Waals surface area contributed by atoms with Crippen molar-refractivity contribution in [3.8, 4) is 0 Å². The van der Waals surface area contributed by atoms with Crippen LogP contribution in [0.25, 0.3) is 0 Å². The molecular formula is C13H20N2O4. The molecule has 6 nitrogen and oxygen atoms in total. The summed E-state index contributed by atoms with van der Waals surface area (Å²) in [5.74, 6) is 4.94. The predicted molar refractivity (Wildman–Crippen MR) is 69.8 cm³/mol. The van der Waals surface area contributed by atoms with E-state index in [9.17, 15) is 4.79 Å². The average molecular weight is 268 g/mol. The first-order valence-corrected chi connectivity index (χ1v) is 6.13. The van der Waals surface area contributed by atoms with Gasteiger partial charge in [-0.25, -0.2) is 5.43 Å². The Bertz CT molecular complexity index is 392. The Labute approximate surface area is 112 Å². The van der Waals surface area contributed by atoms with Gasteiger partial charge in [-0.2, -0.15) is 0 Å². The lowest BCUT2D eigenvalue weighted by Crippen LogP contribution is -2.43. The minimum Gasteiger partial charge on any atom is -0.465 e. The summed E-state index contributed by atoms with van der Waals surface area (Å²) in [7, 11) is 0. The zero-order valence-electron chi connectivity index (χ0n) is 10.9. The molecule has 0 saturated heterocycles. The number of carbonyl (C=O) groups excluding carboxylic acids is 1.